The molecule has 184 valence electrons. The predicted octanol–water partition coefficient (Wildman–Crippen LogP) is 3.47. The van der Waals surface area contributed by atoms with Crippen LogP contribution in [0.4, 0.5) is 5.82 Å². The Balaban J connectivity index is 1.66. The Morgan fingerprint density at radius 3 is 2.53 bits per heavy atom. The highest BCUT2D eigenvalue weighted by Crippen LogP contribution is 2.46. The zero-order chi connectivity index (χ0) is 24.8. The number of rotatable bonds is 6. The molecule has 1 N–H and O–H groups in total. The molecule has 1 unspecified atom stereocenters. The van der Waals surface area contributed by atoms with E-state index in [-0.39, 0.29) is 29.9 Å². The number of fused-ring (bicyclic) bond motifs is 1. The van der Waals surface area contributed by atoms with Gasteiger partial charge in [-0.2, -0.15) is 5.26 Å². The summed E-state index contributed by atoms with van der Waals surface area (Å²) in [6, 6.07) is 2.38. The summed E-state index contributed by atoms with van der Waals surface area (Å²) < 4.78 is 6.08. The molecule has 1 saturated heterocycles. The quantitative estimate of drug-likeness (QED) is 0.681. The zero-order valence-electron chi connectivity index (χ0n) is 20.9. The smallest absolute Gasteiger partial charge is 0.306 e. The molecule has 3 aliphatic rings. The molecule has 0 radical (unpaired) electrons. The molecule has 3 heterocycles. The number of hydrogen-bond donors (Lipinski definition) is 1. The third-order valence-corrected chi connectivity index (χ3v) is 7.42. The SMILES string of the molecule is CC(C)C1CN(c2nc(C3CC3)c3c(c2C#N)CC(C)(C)OC3)CCN1C(=O)C[C@@H](C)C(=O)O. The van der Waals surface area contributed by atoms with Crippen molar-refractivity contribution < 1.29 is 19.4 Å². The van der Waals surface area contributed by atoms with Gasteiger partial charge < -0.3 is 19.6 Å². The first-order chi connectivity index (χ1) is 16.0. The normalized spacial score (nSPS) is 22.8. The fourth-order valence-electron chi connectivity index (χ4n) is 5.17. The van der Waals surface area contributed by atoms with Crippen LogP contribution in [0.2, 0.25) is 0 Å². The number of pyridine rings is 1. The maximum Gasteiger partial charge on any atom is 0.306 e. The van der Waals surface area contributed by atoms with Crippen molar-refractivity contribution in [3.05, 3.63) is 22.4 Å². The van der Waals surface area contributed by atoms with E-state index in [2.05, 4.69) is 38.7 Å². The molecular formula is C26H36N4O4. The average molecular weight is 469 g/mol. The summed E-state index contributed by atoms with van der Waals surface area (Å²) in [6.07, 6.45) is 2.92. The van der Waals surface area contributed by atoms with E-state index in [1.807, 2.05) is 4.90 Å². The van der Waals surface area contributed by atoms with Gasteiger partial charge in [0.1, 0.15) is 11.9 Å². The van der Waals surface area contributed by atoms with E-state index < -0.39 is 11.9 Å². The molecule has 0 aromatic carbocycles. The van der Waals surface area contributed by atoms with Gasteiger partial charge in [0.15, 0.2) is 0 Å². The Labute approximate surface area is 201 Å². The lowest BCUT2D eigenvalue weighted by molar-refractivity contribution is -0.146. The monoisotopic (exact) mass is 468 g/mol. The van der Waals surface area contributed by atoms with Crippen LogP contribution in [-0.2, 0) is 27.4 Å². The molecule has 2 fully saturated rings. The lowest BCUT2D eigenvalue weighted by Crippen LogP contribution is -2.58. The molecule has 0 bridgehead atoms. The van der Waals surface area contributed by atoms with Crippen molar-refractivity contribution in [2.75, 3.05) is 24.5 Å². The van der Waals surface area contributed by atoms with E-state index in [1.165, 1.54) is 0 Å². The number of anilines is 1. The van der Waals surface area contributed by atoms with Crippen molar-refractivity contribution in [2.24, 2.45) is 11.8 Å². The van der Waals surface area contributed by atoms with Crippen molar-refractivity contribution in [2.45, 2.75) is 84.5 Å². The van der Waals surface area contributed by atoms with Gasteiger partial charge in [-0.15, -0.1) is 0 Å². The number of piperazine rings is 1. The maximum absolute atomic E-state index is 13.0. The Hall–Kier alpha value is -2.66. The minimum Gasteiger partial charge on any atom is -0.481 e. The van der Waals surface area contributed by atoms with Crippen LogP contribution in [0.3, 0.4) is 0 Å². The van der Waals surface area contributed by atoms with Crippen LogP contribution in [-0.4, -0.2) is 58.1 Å². The summed E-state index contributed by atoms with van der Waals surface area (Å²) in [7, 11) is 0. The van der Waals surface area contributed by atoms with Crippen LogP contribution < -0.4 is 4.90 Å². The van der Waals surface area contributed by atoms with Gasteiger partial charge in [-0.05, 0) is 38.2 Å². The predicted molar refractivity (Wildman–Crippen MR) is 127 cm³/mol. The van der Waals surface area contributed by atoms with Gasteiger partial charge in [0.2, 0.25) is 5.91 Å². The number of carboxylic acid groups (broad SMARTS) is 1. The second-order valence-corrected chi connectivity index (χ2v) is 11.1. The molecule has 0 spiro atoms. The van der Waals surface area contributed by atoms with E-state index in [0.29, 0.717) is 44.1 Å². The average Bonchev–Trinajstić information content (AvgIpc) is 3.62. The van der Waals surface area contributed by atoms with Gasteiger partial charge in [-0.1, -0.05) is 20.8 Å². The van der Waals surface area contributed by atoms with E-state index in [1.54, 1.807) is 6.92 Å². The molecule has 8 nitrogen and oxygen atoms in total. The van der Waals surface area contributed by atoms with Crippen LogP contribution in [0.15, 0.2) is 0 Å². The lowest BCUT2D eigenvalue weighted by atomic mass is 9.87. The van der Waals surface area contributed by atoms with Crippen molar-refractivity contribution >= 4 is 17.7 Å². The van der Waals surface area contributed by atoms with Gasteiger partial charge in [0.25, 0.3) is 0 Å². The lowest BCUT2D eigenvalue weighted by Gasteiger charge is -2.45. The Morgan fingerprint density at radius 1 is 1.24 bits per heavy atom. The van der Waals surface area contributed by atoms with Crippen LogP contribution in [0.25, 0.3) is 0 Å². The van der Waals surface area contributed by atoms with Gasteiger partial charge in [0, 0.05) is 44.0 Å². The highest BCUT2D eigenvalue weighted by Gasteiger charge is 2.39. The molecule has 1 aliphatic carbocycles. The Morgan fingerprint density at radius 2 is 1.94 bits per heavy atom. The third kappa shape index (κ3) is 4.76. The molecule has 1 amide bonds. The summed E-state index contributed by atoms with van der Waals surface area (Å²) in [5.41, 5.74) is 3.55. The number of nitriles is 1. The summed E-state index contributed by atoms with van der Waals surface area (Å²) in [5, 5.41) is 19.4. The minimum atomic E-state index is -0.954. The molecule has 1 aromatic rings. The highest BCUT2D eigenvalue weighted by atomic mass is 16.5. The number of carbonyl (C=O) groups excluding carboxylic acids is 1. The van der Waals surface area contributed by atoms with E-state index >= 15 is 0 Å². The fraction of sp³-hybridized carbons (Fsp3) is 0.692. The maximum atomic E-state index is 13.0. The molecule has 2 aliphatic heterocycles. The van der Waals surface area contributed by atoms with Gasteiger partial charge in [-0.25, -0.2) is 4.98 Å². The standard InChI is InChI=1S/C26H36N4O4/c1-15(2)21-13-29(8-9-30(21)22(31)10-16(3)25(32)33)24-19(12-27)18-11-26(4,5)34-14-20(18)23(28-24)17-6-7-17/h15-17,21H,6-11,13-14H2,1-5H3,(H,32,33)/t16-,21?/m1/s1. The molecular weight excluding hydrogens is 432 g/mol. The number of amides is 1. The molecule has 8 heteroatoms. The Kier molecular flexibility index (Phi) is 6.61. The van der Waals surface area contributed by atoms with E-state index in [9.17, 15) is 20.0 Å². The first-order valence-electron chi connectivity index (χ1n) is 12.4. The van der Waals surface area contributed by atoms with E-state index in [0.717, 1.165) is 35.5 Å². The van der Waals surface area contributed by atoms with Gasteiger partial charge in [-0.3, -0.25) is 9.59 Å². The van der Waals surface area contributed by atoms with Crippen molar-refractivity contribution in [1.82, 2.24) is 9.88 Å². The van der Waals surface area contributed by atoms with Gasteiger partial charge in [0.05, 0.1) is 35.4 Å². The number of ether oxygens (including phenoxy) is 1. The topological polar surface area (TPSA) is 107 Å². The number of nitrogens with zero attached hydrogens (tertiary/aromatic N) is 4. The van der Waals surface area contributed by atoms with Gasteiger partial charge >= 0.3 is 5.97 Å². The number of aliphatic carboxylic acids is 1. The molecule has 34 heavy (non-hydrogen) atoms. The highest BCUT2D eigenvalue weighted by molar-refractivity contribution is 5.82. The molecule has 1 saturated carbocycles. The first kappa shape index (κ1) is 24.5. The number of carboxylic acids is 1. The van der Waals surface area contributed by atoms with Crippen LogP contribution in [0, 0.1) is 23.2 Å². The second kappa shape index (κ2) is 9.18. The van der Waals surface area contributed by atoms with Crippen LogP contribution in [0.1, 0.15) is 82.2 Å². The molecule has 2 atom stereocenters. The molecule has 1 aromatic heterocycles. The number of aromatic nitrogens is 1. The van der Waals surface area contributed by atoms with Crippen molar-refractivity contribution in [1.29, 1.82) is 5.26 Å². The Bertz CT molecular complexity index is 1020. The summed E-state index contributed by atoms with van der Waals surface area (Å²) in [6.45, 7) is 12.0. The van der Waals surface area contributed by atoms with Crippen molar-refractivity contribution in [3.8, 4) is 6.07 Å². The fourth-order valence-corrected chi connectivity index (χ4v) is 5.17. The zero-order valence-corrected chi connectivity index (χ0v) is 20.9. The largest absolute Gasteiger partial charge is 0.481 e. The minimum absolute atomic E-state index is 0.00000478. The summed E-state index contributed by atoms with van der Waals surface area (Å²) in [4.78, 5) is 33.3. The van der Waals surface area contributed by atoms with Crippen LogP contribution in [0.5, 0.6) is 0 Å². The van der Waals surface area contributed by atoms with Crippen LogP contribution >= 0.6 is 0 Å². The summed E-state index contributed by atoms with van der Waals surface area (Å²) >= 11 is 0. The van der Waals surface area contributed by atoms with Crippen molar-refractivity contribution in [3.63, 3.8) is 0 Å². The molecule has 4 rings (SSSR count). The number of hydrogen-bond acceptors (Lipinski definition) is 6. The van der Waals surface area contributed by atoms with E-state index in [4.69, 9.17) is 9.72 Å². The summed E-state index contributed by atoms with van der Waals surface area (Å²) in [5.74, 6) is -0.430. The second-order valence-electron chi connectivity index (χ2n) is 11.1. The third-order valence-electron chi connectivity index (χ3n) is 7.42. The number of carbonyl (C=O) groups is 2. The first-order valence-corrected chi connectivity index (χ1v) is 12.4.